The Morgan fingerprint density at radius 3 is 2.37 bits per heavy atom. The Morgan fingerprint density at radius 1 is 0.963 bits per heavy atom. The highest BCUT2D eigenvalue weighted by Gasteiger charge is 2.15. The Hall–Kier alpha value is -3.21. The van der Waals surface area contributed by atoms with Gasteiger partial charge in [-0.3, -0.25) is 4.79 Å². The normalized spacial score (nSPS) is 10.5. The third-order valence-electron chi connectivity index (χ3n) is 4.48. The Kier molecular flexibility index (Phi) is 5.50. The van der Waals surface area contributed by atoms with Crippen LogP contribution in [0.15, 0.2) is 54.6 Å². The molecule has 0 atom stereocenters. The van der Waals surface area contributed by atoms with E-state index >= 15 is 0 Å². The van der Waals surface area contributed by atoms with Crippen LogP contribution in [0.5, 0.6) is 0 Å². The summed E-state index contributed by atoms with van der Waals surface area (Å²) in [4.78, 5) is 23.7. The predicted octanol–water partition coefficient (Wildman–Crippen LogP) is 4.81. The molecule has 1 heterocycles. The number of carbonyl (C=O) groups is 1. The number of para-hydroxylation sites is 1. The van der Waals surface area contributed by atoms with E-state index in [0.29, 0.717) is 17.3 Å². The van der Waals surface area contributed by atoms with Crippen LogP contribution in [0, 0.1) is 20.8 Å². The van der Waals surface area contributed by atoms with E-state index in [2.05, 4.69) is 27.1 Å². The number of aromatic nitrogens is 2. The molecule has 0 aliphatic heterocycles. The Balaban J connectivity index is 1.90. The molecule has 138 valence electrons. The molecule has 0 aliphatic carbocycles. The summed E-state index contributed by atoms with van der Waals surface area (Å²) < 4.78 is 0. The quantitative estimate of drug-likeness (QED) is 0.709. The van der Waals surface area contributed by atoms with Gasteiger partial charge < -0.3 is 10.2 Å². The lowest BCUT2D eigenvalue weighted by atomic mass is 10.1. The third kappa shape index (κ3) is 4.31. The molecule has 0 fully saturated rings. The molecule has 3 rings (SSSR count). The number of carbonyl (C=O) groups excluding carboxylic acids is 1. The molecule has 0 bridgehead atoms. The molecule has 0 aliphatic rings. The second-order valence-electron chi connectivity index (χ2n) is 6.49. The van der Waals surface area contributed by atoms with E-state index in [1.807, 2.05) is 62.4 Å². The fourth-order valence-electron chi connectivity index (χ4n) is 2.91. The van der Waals surface area contributed by atoms with Crippen molar-refractivity contribution in [2.45, 2.75) is 27.7 Å². The van der Waals surface area contributed by atoms with Crippen molar-refractivity contribution in [1.82, 2.24) is 9.97 Å². The molecule has 1 N–H and O–H groups in total. The van der Waals surface area contributed by atoms with E-state index in [-0.39, 0.29) is 5.91 Å². The van der Waals surface area contributed by atoms with E-state index in [1.165, 1.54) is 5.56 Å². The van der Waals surface area contributed by atoms with Gasteiger partial charge in [-0.25, -0.2) is 9.97 Å². The van der Waals surface area contributed by atoms with Crippen molar-refractivity contribution in [3.63, 3.8) is 0 Å². The summed E-state index contributed by atoms with van der Waals surface area (Å²) in [6, 6.07) is 17.6. The van der Waals surface area contributed by atoms with Crippen LogP contribution in [0.1, 0.15) is 34.4 Å². The van der Waals surface area contributed by atoms with Gasteiger partial charge in [-0.2, -0.15) is 0 Å². The minimum atomic E-state index is -0.242. The molecule has 0 saturated heterocycles. The Morgan fingerprint density at radius 2 is 1.70 bits per heavy atom. The number of hydrogen-bond acceptors (Lipinski definition) is 4. The van der Waals surface area contributed by atoms with Crippen LogP contribution in [-0.4, -0.2) is 22.4 Å². The van der Waals surface area contributed by atoms with Crippen molar-refractivity contribution in [2.24, 2.45) is 0 Å². The van der Waals surface area contributed by atoms with Gasteiger partial charge in [0, 0.05) is 24.0 Å². The first-order valence-electron chi connectivity index (χ1n) is 9.05. The Bertz CT molecular complexity index is 954. The Labute approximate surface area is 160 Å². The lowest BCUT2D eigenvalue weighted by Crippen LogP contribution is -2.21. The molecule has 1 amide bonds. The van der Waals surface area contributed by atoms with E-state index in [0.717, 1.165) is 23.5 Å². The summed E-state index contributed by atoms with van der Waals surface area (Å²) in [5, 5.41) is 2.93. The maximum absolute atomic E-state index is 12.7. The highest BCUT2D eigenvalue weighted by molar-refractivity contribution is 6.03. The minimum absolute atomic E-state index is 0.242. The molecule has 0 radical (unpaired) electrons. The minimum Gasteiger partial charge on any atom is -0.327 e. The van der Waals surface area contributed by atoms with Crippen molar-refractivity contribution >= 4 is 23.1 Å². The number of rotatable bonds is 5. The maximum atomic E-state index is 12.7. The van der Waals surface area contributed by atoms with E-state index in [9.17, 15) is 4.79 Å². The molecule has 3 aromatic rings. The van der Waals surface area contributed by atoms with Crippen LogP contribution in [0.3, 0.4) is 0 Å². The first-order chi connectivity index (χ1) is 13.0. The summed E-state index contributed by atoms with van der Waals surface area (Å²) in [5.41, 5.74) is 4.46. The molecule has 5 nitrogen and oxygen atoms in total. The van der Waals surface area contributed by atoms with Crippen molar-refractivity contribution in [1.29, 1.82) is 0 Å². The molecular weight excluding hydrogens is 336 g/mol. The monoisotopic (exact) mass is 360 g/mol. The molecule has 2 aromatic carbocycles. The highest BCUT2D eigenvalue weighted by atomic mass is 16.1. The van der Waals surface area contributed by atoms with Crippen molar-refractivity contribution in [3.05, 3.63) is 77.2 Å². The average molecular weight is 360 g/mol. The van der Waals surface area contributed by atoms with Crippen LogP contribution in [0.25, 0.3) is 0 Å². The van der Waals surface area contributed by atoms with Crippen molar-refractivity contribution in [2.75, 3.05) is 16.8 Å². The van der Waals surface area contributed by atoms with Gasteiger partial charge in [0.25, 0.3) is 5.91 Å². The van der Waals surface area contributed by atoms with Crippen molar-refractivity contribution < 1.29 is 4.79 Å². The van der Waals surface area contributed by atoms with E-state index < -0.39 is 0 Å². The van der Waals surface area contributed by atoms with E-state index in [4.69, 9.17) is 0 Å². The molecule has 0 unspecified atom stereocenters. The molecule has 5 heteroatoms. The van der Waals surface area contributed by atoms with Crippen molar-refractivity contribution in [3.8, 4) is 0 Å². The zero-order valence-electron chi connectivity index (χ0n) is 16.2. The lowest BCUT2D eigenvalue weighted by Gasteiger charge is -2.22. The van der Waals surface area contributed by atoms with Crippen LogP contribution >= 0.6 is 0 Å². The van der Waals surface area contributed by atoms with Gasteiger partial charge in [-0.1, -0.05) is 24.3 Å². The van der Waals surface area contributed by atoms with Gasteiger partial charge in [0.2, 0.25) is 0 Å². The first kappa shape index (κ1) is 18.6. The van der Waals surface area contributed by atoms with Gasteiger partial charge in [0.15, 0.2) is 0 Å². The summed E-state index contributed by atoms with van der Waals surface area (Å²) >= 11 is 0. The van der Waals surface area contributed by atoms with E-state index in [1.54, 1.807) is 13.0 Å². The molecular formula is C22H24N4O. The van der Waals surface area contributed by atoms with Gasteiger partial charge >= 0.3 is 0 Å². The summed E-state index contributed by atoms with van der Waals surface area (Å²) in [6.07, 6.45) is 0. The van der Waals surface area contributed by atoms with Gasteiger partial charge in [-0.05, 0) is 63.1 Å². The second kappa shape index (κ2) is 7.99. The number of amides is 1. The van der Waals surface area contributed by atoms with Crippen LogP contribution in [0.2, 0.25) is 0 Å². The summed E-state index contributed by atoms with van der Waals surface area (Å²) in [5.74, 6) is 1.03. The number of nitrogens with one attached hydrogen (secondary N) is 1. The molecule has 0 spiro atoms. The van der Waals surface area contributed by atoms with Gasteiger partial charge in [0.1, 0.15) is 17.3 Å². The fraction of sp³-hybridized carbons (Fsp3) is 0.227. The number of benzene rings is 2. The number of anilines is 3. The van der Waals surface area contributed by atoms with Gasteiger partial charge in [-0.15, -0.1) is 0 Å². The summed E-state index contributed by atoms with van der Waals surface area (Å²) in [6.45, 7) is 8.66. The number of aryl methyl sites for hydroxylation is 3. The second-order valence-corrected chi connectivity index (χ2v) is 6.49. The molecule has 27 heavy (non-hydrogen) atoms. The summed E-state index contributed by atoms with van der Waals surface area (Å²) in [7, 11) is 0. The van der Waals surface area contributed by atoms with Crippen LogP contribution in [-0.2, 0) is 0 Å². The standard InChI is InChI=1S/C22H24N4O/c1-5-26(19-9-7-6-8-10-19)21-14-20(23-17(4)24-21)22(27)25-18-12-11-15(2)16(3)13-18/h6-14H,5H2,1-4H3,(H,25,27). The zero-order chi connectivity index (χ0) is 19.4. The SMILES string of the molecule is CCN(c1ccccc1)c1cc(C(=O)Nc2ccc(C)c(C)c2)nc(C)n1. The number of nitrogens with zero attached hydrogens (tertiary/aromatic N) is 3. The molecule has 1 aromatic heterocycles. The van der Waals surface area contributed by atoms with Crippen LogP contribution in [0.4, 0.5) is 17.2 Å². The fourth-order valence-corrected chi connectivity index (χ4v) is 2.91. The zero-order valence-corrected chi connectivity index (χ0v) is 16.2. The smallest absolute Gasteiger partial charge is 0.274 e. The lowest BCUT2D eigenvalue weighted by molar-refractivity contribution is 0.102. The largest absolute Gasteiger partial charge is 0.327 e. The third-order valence-corrected chi connectivity index (χ3v) is 4.48. The average Bonchev–Trinajstić information content (AvgIpc) is 2.66. The number of hydrogen-bond donors (Lipinski definition) is 1. The maximum Gasteiger partial charge on any atom is 0.274 e. The topological polar surface area (TPSA) is 58.1 Å². The van der Waals surface area contributed by atoms with Crippen LogP contribution < -0.4 is 10.2 Å². The van der Waals surface area contributed by atoms with Gasteiger partial charge in [0.05, 0.1) is 0 Å². The molecule has 0 saturated carbocycles. The predicted molar refractivity (Wildman–Crippen MR) is 110 cm³/mol. The first-order valence-corrected chi connectivity index (χ1v) is 9.05. The highest BCUT2D eigenvalue weighted by Crippen LogP contribution is 2.24.